The second kappa shape index (κ2) is 8.08. The Bertz CT molecular complexity index is 153. The molecule has 1 rings (SSSR count). The van der Waals surface area contributed by atoms with Gasteiger partial charge in [0.25, 0.3) is 0 Å². The van der Waals surface area contributed by atoms with Gasteiger partial charge in [0.05, 0.1) is 6.61 Å². The molecule has 3 heteroatoms. The second-order valence-corrected chi connectivity index (χ2v) is 4.52. The lowest BCUT2D eigenvalue weighted by Crippen LogP contribution is -2.39. The Morgan fingerprint density at radius 1 is 1.33 bits per heavy atom. The van der Waals surface area contributed by atoms with Crippen LogP contribution in [0.25, 0.3) is 0 Å². The Balaban J connectivity index is 1.94. The van der Waals surface area contributed by atoms with Gasteiger partial charge in [0.15, 0.2) is 0 Å². The lowest BCUT2D eigenvalue weighted by atomic mass is 10.0. The molecule has 0 aromatic heterocycles. The molecule has 15 heavy (non-hydrogen) atoms. The third-order valence-electron chi connectivity index (χ3n) is 3.20. The van der Waals surface area contributed by atoms with Crippen LogP contribution in [0.3, 0.4) is 0 Å². The minimum atomic E-state index is 0.669. The predicted molar refractivity (Wildman–Crippen MR) is 64.2 cm³/mol. The molecule has 1 heterocycles. The predicted octanol–water partition coefficient (Wildman–Crippen LogP) is 1.49. The van der Waals surface area contributed by atoms with E-state index in [0.29, 0.717) is 6.04 Å². The highest BCUT2D eigenvalue weighted by atomic mass is 16.5. The number of hydrogen-bond acceptors (Lipinski definition) is 3. The summed E-state index contributed by atoms with van der Waals surface area (Å²) in [6, 6.07) is 0.669. The van der Waals surface area contributed by atoms with Gasteiger partial charge in [-0.1, -0.05) is 6.42 Å². The lowest BCUT2D eigenvalue weighted by molar-refractivity contribution is 0.0514. The van der Waals surface area contributed by atoms with Crippen molar-refractivity contribution in [2.45, 2.75) is 38.1 Å². The maximum absolute atomic E-state index is 5.72. The van der Waals surface area contributed by atoms with Crippen LogP contribution < -0.4 is 5.32 Å². The Morgan fingerprint density at radius 2 is 2.20 bits per heavy atom. The van der Waals surface area contributed by atoms with Crippen molar-refractivity contribution >= 4 is 0 Å². The molecule has 0 bridgehead atoms. The molecule has 0 amide bonds. The van der Waals surface area contributed by atoms with Gasteiger partial charge < -0.3 is 15.0 Å². The van der Waals surface area contributed by atoms with Crippen molar-refractivity contribution in [3.63, 3.8) is 0 Å². The van der Waals surface area contributed by atoms with Gasteiger partial charge in [-0.05, 0) is 52.9 Å². The highest BCUT2D eigenvalue weighted by Gasteiger charge is 2.18. The van der Waals surface area contributed by atoms with E-state index in [1.165, 1.54) is 38.6 Å². The van der Waals surface area contributed by atoms with Crippen LogP contribution in [0.15, 0.2) is 0 Å². The van der Waals surface area contributed by atoms with Gasteiger partial charge >= 0.3 is 0 Å². The summed E-state index contributed by atoms with van der Waals surface area (Å²) in [5.41, 5.74) is 0. The topological polar surface area (TPSA) is 24.5 Å². The summed E-state index contributed by atoms with van der Waals surface area (Å²) in [5.74, 6) is 0. The zero-order valence-corrected chi connectivity index (χ0v) is 10.3. The van der Waals surface area contributed by atoms with E-state index in [-0.39, 0.29) is 0 Å². The van der Waals surface area contributed by atoms with E-state index in [1.54, 1.807) is 0 Å². The van der Waals surface area contributed by atoms with Crippen LogP contribution in [0.5, 0.6) is 0 Å². The number of piperidine rings is 1. The van der Waals surface area contributed by atoms with Crippen LogP contribution in [0.4, 0.5) is 0 Å². The van der Waals surface area contributed by atoms with Gasteiger partial charge in [0.2, 0.25) is 0 Å². The summed E-state index contributed by atoms with van der Waals surface area (Å²) in [7, 11) is 4.21. The van der Waals surface area contributed by atoms with Gasteiger partial charge in [0.1, 0.15) is 0 Å². The minimum absolute atomic E-state index is 0.669. The zero-order valence-electron chi connectivity index (χ0n) is 10.3. The fraction of sp³-hybridized carbons (Fsp3) is 1.00. The molecule has 0 aromatic carbocycles. The van der Waals surface area contributed by atoms with E-state index in [1.807, 2.05) is 7.05 Å². The Kier molecular flexibility index (Phi) is 6.98. The van der Waals surface area contributed by atoms with E-state index in [2.05, 4.69) is 17.3 Å². The first-order valence-electron chi connectivity index (χ1n) is 6.27. The summed E-state index contributed by atoms with van der Waals surface area (Å²) in [6.45, 7) is 4.20. The smallest absolute Gasteiger partial charge is 0.0621 e. The largest absolute Gasteiger partial charge is 0.380 e. The highest BCUT2D eigenvalue weighted by molar-refractivity contribution is 4.73. The first-order valence-corrected chi connectivity index (χ1v) is 6.27. The second-order valence-electron chi connectivity index (χ2n) is 4.52. The number of likely N-dealkylation sites (N-methyl/N-ethyl adjacent to an activating group) is 1. The van der Waals surface area contributed by atoms with Crippen LogP contribution in [0.1, 0.15) is 32.1 Å². The monoisotopic (exact) mass is 214 g/mol. The Morgan fingerprint density at radius 3 is 2.93 bits per heavy atom. The number of nitrogens with zero attached hydrogens (tertiary/aromatic N) is 1. The molecule has 0 aromatic rings. The van der Waals surface area contributed by atoms with Crippen LogP contribution in [-0.2, 0) is 4.74 Å². The number of rotatable bonds is 7. The van der Waals surface area contributed by atoms with Crippen molar-refractivity contribution in [2.24, 2.45) is 0 Å². The first-order chi connectivity index (χ1) is 7.34. The van der Waals surface area contributed by atoms with Crippen LogP contribution in [0.2, 0.25) is 0 Å². The fourth-order valence-electron chi connectivity index (χ4n) is 2.08. The van der Waals surface area contributed by atoms with Gasteiger partial charge in [-0.2, -0.15) is 0 Å². The van der Waals surface area contributed by atoms with Crippen molar-refractivity contribution in [1.82, 2.24) is 10.2 Å². The summed E-state index contributed by atoms with van der Waals surface area (Å²) >= 11 is 0. The van der Waals surface area contributed by atoms with Crippen LogP contribution >= 0.6 is 0 Å². The number of nitrogens with one attached hydrogen (secondary N) is 1. The molecule has 1 N–H and O–H groups in total. The molecule has 0 spiro atoms. The SMILES string of the molecule is CNCCCCOCC1CCCCN1C. The average Bonchev–Trinajstić information content (AvgIpc) is 2.25. The summed E-state index contributed by atoms with van der Waals surface area (Å²) in [4.78, 5) is 2.44. The third kappa shape index (κ3) is 5.50. The van der Waals surface area contributed by atoms with Gasteiger partial charge in [-0.25, -0.2) is 0 Å². The lowest BCUT2D eigenvalue weighted by Gasteiger charge is -2.32. The van der Waals surface area contributed by atoms with Gasteiger partial charge in [0, 0.05) is 12.6 Å². The van der Waals surface area contributed by atoms with Crippen molar-refractivity contribution in [3.05, 3.63) is 0 Å². The normalized spacial score (nSPS) is 23.2. The standard InChI is InChI=1S/C12H26N2O/c1-13-8-4-6-10-15-11-12-7-3-5-9-14(12)2/h12-13H,3-11H2,1-2H3. The molecule has 3 nitrogen and oxygen atoms in total. The van der Waals surface area contributed by atoms with E-state index < -0.39 is 0 Å². The summed E-state index contributed by atoms with van der Waals surface area (Å²) < 4.78 is 5.72. The Labute approximate surface area is 94.2 Å². The molecule has 90 valence electrons. The zero-order chi connectivity index (χ0) is 10.9. The molecule has 1 aliphatic rings. The number of unbranched alkanes of at least 4 members (excludes halogenated alkanes) is 1. The highest BCUT2D eigenvalue weighted by Crippen LogP contribution is 2.14. The van der Waals surface area contributed by atoms with Crippen molar-refractivity contribution in [3.8, 4) is 0 Å². The Hall–Kier alpha value is -0.120. The number of likely N-dealkylation sites (tertiary alicyclic amines) is 1. The van der Waals surface area contributed by atoms with E-state index in [9.17, 15) is 0 Å². The van der Waals surface area contributed by atoms with E-state index >= 15 is 0 Å². The number of ether oxygens (including phenoxy) is 1. The third-order valence-corrected chi connectivity index (χ3v) is 3.20. The first kappa shape index (κ1) is 12.9. The molecule has 1 fully saturated rings. The molecule has 1 aliphatic heterocycles. The molecule has 0 aliphatic carbocycles. The number of hydrogen-bond donors (Lipinski definition) is 1. The van der Waals surface area contributed by atoms with Crippen molar-refractivity contribution in [1.29, 1.82) is 0 Å². The van der Waals surface area contributed by atoms with Gasteiger partial charge in [-0.3, -0.25) is 0 Å². The molecule has 0 radical (unpaired) electrons. The van der Waals surface area contributed by atoms with Crippen molar-refractivity contribution < 1.29 is 4.74 Å². The molecule has 1 saturated heterocycles. The van der Waals surface area contributed by atoms with Crippen molar-refractivity contribution in [2.75, 3.05) is 40.4 Å². The summed E-state index contributed by atoms with van der Waals surface area (Å²) in [5, 5.41) is 3.15. The van der Waals surface area contributed by atoms with E-state index in [0.717, 1.165) is 19.8 Å². The van der Waals surface area contributed by atoms with Crippen LogP contribution in [0, 0.1) is 0 Å². The maximum Gasteiger partial charge on any atom is 0.0621 e. The van der Waals surface area contributed by atoms with E-state index in [4.69, 9.17) is 4.74 Å². The quantitative estimate of drug-likeness (QED) is 0.650. The molecule has 0 saturated carbocycles. The fourth-order valence-corrected chi connectivity index (χ4v) is 2.08. The summed E-state index contributed by atoms with van der Waals surface area (Å²) in [6.07, 6.45) is 6.44. The van der Waals surface area contributed by atoms with Gasteiger partial charge in [-0.15, -0.1) is 0 Å². The molecule has 1 unspecified atom stereocenters. The molecular weight excluding hydrogens is 188 g/mol. The molecule has 1 atom stereocenters. The minimum Gasteiger partial charge on any atom is -0.380 e. The maximum atomic E-state index is 5.72. The van der Waals surface area contributed by atoms with Crippen LogP contribution in [-0.4, -0.2) is 51.3 Å². The molecular formula is C12H26N2O. The average molecular weight is 214 g/mol.